The molecule has 1 aromatic carbocycles. The number of nitrogens with zero attached hydrogens (tertiary/aromatic N) is 5. The maximum atomic E-state index is 14.5. The van der Waals surface area contributed by atoms with Gasteiger partial charge in [-0.1, -0.05) is 6.92 Å². The van der Waals surface area contributed by atoms with Crippen LogP contribution < -0.4 is 5.32 Å². The van der Waals surface area contributed by atoms with Gasteiger partial charge in [0.25, 0.3) is 5.91 Å². The van der Waals surface area contributed by atoms with Crippen molar-refractivity contribution < 1.29 is 22.4 Å². The second kappa shape index (κ2) is 9.93. The number of alkyl halides is 3. The Morgan fingerprint density at radius 3 is 2.49 bits per heavy atom. The molecule has 0 spiro atoms. The zero-order valence-corrected chi connectivity index (χ0v) is 19.2. The molecule has 7 nitrogen and oxygen atoms in total. The van der Waals surface area contributed by atoms with Gasteiger partial charge in [-0.15, -0.1) is 0 Å². The van der Waals surface area contributed by atoms with Gasteiger partial charge in [0.15, 0.2) is 5.82 Å². The van der Waals surface area contributed by atoms with E-state index in [9.17, 15) is 22.4 Å². The van der Waals surface area contributed by atoms with Crippen LogP contribution in [0.5, 0.6) is 0 Å². The first-order valence-electron chi connectivity index (χ1n) is 11.2. The first-order valence-corrected chi connectivity index (χ1v) is 11.2. The molecule has 1 amide bonds. The summed E-state index contributed by atoms with van der Waals surface area (Å²) in [6.45, 7) is 4.28. The first kappa shape index (κ1) is 24.5. The number of carbonyl (C=O) groups excluding carboxylic acids is 1. The lowest BCUT2D eigenvalue weighted by Crippen LogP contribution is -2.51. The van der Waals surface area contributed by atoms with Gasteiger partial charge in [-0.05, 0) is 49.4 Å². The molecule has 1 saturated heterocycles. The fourth-order valence-electron chi connectivity index (χ4n) is 4.21. The lowest BCUT2D eigenvalue weighted by Gasteiger charge is -2.40. The van der Waals surface area contributed by atoms with Crippen molar-refractivity contribution >= 4 is 11.9 Å². The zero-order valence-electron chi connectivity index (χ0n) is 19.2. The van der Waals surface area contributed by atoms with Gasteiger partial charge in [-0.3, -0.25) is 4.79 Å². The predicted octanol–water partition coefficient (Wildman–Crippen LogP) is 4.75. The van der Waals surface area contributed by atoms with E-state index >= 15 is 0 Å². The van der Waals surface area contributed by atoms with Crippen molar-refractivity contribution in [1.82, 2.24) is 24.8 Å². The van der Waals surface area contributed by atoms with Crippen LogP contribution in [0.25, 0.3) is 11.4 Å². The Morgan fingerprint density at radius 1 is 1.14 bits per heavy atom. The Kier molecular flexibility index (Phi) is 6.95. The third-order valence-corrected chi connectivity index (χ3v) is 6.16. The molecule has 35 heavy (non-hydrogen) atoms. The highest BCUT2D eigenvalue weighted by atomic mass is 19.4. The number of piperidine rings is 1. The average molecular weight is 488 g/mol. The maximum absolute atomic E-state index is 14.5. The number of aryl methyl sites for hydroxylation is 1. The topological polar surface area (TPSA) is 83.9 Å². The van der Waals surface area contributed by atoms with Gasteiger partial charge in [-0.25, -0.2) is 24.3 Å². The molecule has 11 heteroatoms. The molecule has 1 fully saturated rings. The van der Waals surface area contributed by atoms with Crippen molar-refractivity contribution in [2.24, 2.45) is 5.92 Å². The summed E-state index contributed by atoms with van der Waals surface area (Å²) in [5, 5.41) is 2.94. The van der Waals surface area contributed by atoms with Crippen molar-refractivity contribution in [2.45, 2.75) is 38.9 Å². The summed E-state index contributed by atoms with van der Waals surface area (Å²) < 4.78 is 52.9. The Hall–Kier alpha value is -3.63. The highest BCUT2D eigenvalue weighted by Gasteiger charge is 2.34. The fraction of sp³-hybridized carbons (Fsp3) is 0.375. The van der Waals surface area contributed by atoms with Gasteiger partial charge in [0.1, 0.15) is 5.82 Å². The van der Waals surface area contributed by atoms with E-state index in [1.54, 1.807) is 36.4 Å². The van der Waals surface area contributed by atoms with Crippen LogP contribution in [0.2, 0.25) is 0 Å². The largest absolute Gasteiger partial charge is 0.419 e. The van der Waals surface area contributed by atoms with Crippen molar-refractivity contribution in [3.63, 3.8) is 0 Å². The molecule has 0 aliphatic carbocycles. The Morgan fingerprint density at radius 2 is 1.83 bits per heavy atom. The number of likely N-dealkylation sites (tertiary alicyclic amines) is 1. The number of nitrogens with one attached hydrogen (secondary N) is 1. The molecule has 2 aromatic heterocycles. The number of aromatic nitrogens is 4. The van der Waals surface area contributed by atoms with Crippen molar-refractivity contribution in [2.75, 3.05) is 18.4 Å². The van der Waals surface area contributed by atoms with E-state index in [2.05, 4.69) is 25.3 Å². The van der Waals surface area contributed by atoms with Crippen LogP contribution in [-0.4, -0.2) is 49.9 Å². The molecule has 0 bridgehead atoms. The molecule has 4 rings (SSSR count). The summed E-state index contributed by atoms with van der Waals surface area (Å²) in [6, 6.07) is 4.12. The Labute approximate surface area is 199 Å². The van der Waals surface area contributed by atoms with Gasteiger partial charge >= 0.3 is 6.18 Å². The van der Waals surface area contributed by atoms with Crippen molar-refractivity contribution in [1.29, 1.82) is 0 Å². The van der Waals surface area contributed by atoms with Gasteiger partial charge in [0, 0.05) is 43.4 Å². The Balaban J connectivity index is 1.60. The standard InChI is InChI=1S/C24H24F4N6O/c1-14-5-3-8-34(20(14)13-33-23-31-11-16(12-32-23)24(26,27)28)22(35)18-10-19(25)15(2)9-17(18)21-29-6-4-7-30-21/h4,6-7,9-12,14,20H,3,5,8,13H2,1-2H3,(H,31,32,33)/t14-,20-/m1/s1. The summed E-state index contributed by atoms with van der Waals surface area (Å²) >= 11 is 0. The van der Waals surface area contributed by atoms with E-state index in [0.717, 1.165) is 12.8 Å². The lowest BCUT2D eigenvalue weighted by atomic mass is 9.89. The molecule has 3 aromatic rings. The molecule has 0 radical (unpaired) electrons. The number of halogens is 4. The number of amides is 1. The third-order valence-electron chi connectivity index (χ3n) is 6.16. The summed E-state index contributed by atoms with van der Waals surface area (Å²) in [5.41, 5.74) is 0.0197. The van der Waals surface area contributed by atoms with Gasteiger partial charge < -0.3 is 10.2 Å². The highest BCUT2D eigenvalue weighted by molar-refractivity contribution is 6.00. The second-order valence-corrected chi connectivity index (χ2v) is 8.58. The maximum Gasteiger partial charge on any atom is 0.419 e. The van der Waals surface area contributed by atoms with Crippen molar-refractivity contribution in [3.05, 3.63) is 65.5 Å². The van der Waals surface area contributed by atoms with Crippen LogP contribution >= 0.6 is 0 Å². The van der Waals surface area contributed by atoms with Crippen molar-refractivity contribution in [3.8, 4) is 11.4 Å². The van der Waals surface area contributed by atoms with Gasteiger partial charge in [-0.2, -0.15) is 13.2 Å². The monoisotopic (exact) mass is 488 g/mol. The lowest BCUT2D eigenvalue weighted by molar-refractivity contribution is -0.138. The molecule has 1 aliphatic rings. The quantitative estimate of drug-likeness (QED) is 0.522. The Bertz CT molecular complexity index is 1190. The summed E-state index contributed by atoms with van der Waals surface area (Å²) in [5.74, 6) is -0.440. The molecule has 2 atom stereocenters. The molecule has 1 N–H and O–H groups in total. The van der Waals surface area contributed by atoms with E-state index in [-0.39, 0.29) is 35.9 Å². The zero-order chi connectivity index (χ0) is 25.2. The molecule has 1 aliphatic heterocycles. The van der Waals surface area contributed by atoms with E-state index in [4.69, 9.17) is 0 Å². The van der Waals surface area contributed by atoms with Crippen LogP contribution in [-0.2, 0) is 6.18 Å². The van der Waals surface area contributed by atoms with E-state index < -0.39 is 17.6 Å². The fourth-order valence-corrected chi connectivity index (χ4v) is 4.21. The first-order chi connectivity index (χ1) is 16.6. The number of carbonyl (C=O) groups is 1. The van der Waals surface area contributed by atoms with E-state index in [1.807, 2.05) is 6.92 Å². The minimum absolute atomic E-state index is 0.0305. The molecule has 0 unspecified atom stereocenters. The molecule has 0 saturated carbocycles. The number of hydrogen-bond acceptors (Lipinski definition) is 6. The number of anilines is 1. The van der Waals surface area contributed by atoms with Gasteiger partial charge in [0.05, 0.1) is 17.2 Å². The third kappa shape index (κ3) is 5.39. The number of benzene rings is 1. The minimum Gasteiger partial charge on any atom is -0.352 e. The van der Waals surface area contributed by atoms with Crippen LogP contribution in [0.4, 0.5) is 23.5 Å². The molecule has 3 heterocycles. The second-order valence-electron chi connectivity index (χ2n) is 8.58. The number of hydrogen-bond donors (Lipinski definition) is 1. The van der Waals surface area contributed by atoms with Crippen LogP contribution in [0.3, 0.4) is 0 Å². The number of rotatable bonds is 5. The highest BCUT2D eigenvalue weighted by Crippen LogP contribution is 2.31. The molecule has 184 valence electrons. The summed E-state index contributed by atoms with van der Waals surface area (Å²) in [4.78, 5) is 31.3. The molecular weight excluding hydrogens is 464 g/mol. The summed E-state index contributed by atoms with van der Waals surface area (Å²) in [7, 11) is 0. The van der Waals surface area contributed by atoms with Crippen LogP contribution in [0, 0.1) is 18.7 Å². The van der Waals surface area contributed by atoms with Crippen LogP contribution in [0.15, 0.2) is 43.0 Å². The minimum atomic E-state index is -4.52. The van der Waals surface area contributed by atoms with Crippen LogP contribution in [0.1, 0.15) is 41.3 Å². The average Bonchev–Trinajstić information content (AvgIpc) is 2.84. The smallest absolute Gasteiger partial charge is 0.352 e. The predicted molar refractivity (Wildman–Crippen MR) is 121 cm³/mol. The SMILES string of the molecule is Cc1cc(-c2ncccn2)c(C(=O)N2CCC[C@@H](C)[C@H]2CNc2ncc(C(F)(F)F)cn2)cc1F. The molecular formula is C24H24F4N6O. The van der Waals surface area contributed by atoms with E-state index in [0.29, 0.717) is 35.9 Å². The van der Waals surface area contributed by atoms with E-state index in [1.165, 1.54) is 6.07 Å². The normalized spacial score (nSPS) is 18.4. The van der Waals surface area contributed by atoms with Gasteiger partial charge in [0.2, 0.25) is 5.95 Å². The summed E-state index contributed by atoms with van der Waals surface area (Å²) in [6.07, 6.45) is 1.63.